The van der Waals surface area contributed by atoms with Gasteiger partial charge in [-0.1, -0.05) is 0 Å². The summed E-state index contributed by atoms with van der Waals surface area (Å²) >= 11 is 0. The van der Waals surface area contributed by atoms with Crippen LogP contribution in [0.25, 0.3) is 0 Å². The Bertz CT molecular complexity index is 195. The Morgan fingerprint density at radius 1 is 1.78 bits per heavy atom. The van der Waals surface area contributed by atoms with Crippen molar-refractivity contribution in [2.75, 3.05) is 7.05 Å². The van der Waals surface area contributed by atoms with E-state index in [0.29, 0.717) is 0 Å². The minimum Gasteiger partial charge on any atom is -0.342 e. The monoisotopic (exact) mass is 154 g/mol. The molecular weight excluding hydrogens is 148 g/mol. The molecule has 0 rings (SSSR count). The van der Waals surface area contributed by atoms with E-state index in [9.17, 15) is 8.42 Å². The number of hydrogen-bond donors (Lipinski definition) is 3. The fraction of sp³-hybridized carbons (Fsp3) is 0.500. The molecule has 0 fully saturated rings. The number of hydrogen-bond acceptors (Lipinski definition) is 4. The Kier molecular flexibility index (Phi) is 2.41. The molecule has 0 spiro atoms. The van der Waals surface area contributed by atoms with E-state index < -0.39 is 16.4 Å². The molecule has 3 N–H and O–H groups in total. The highest BCUT2D eigenvalue weighted by atomic mass is 32.3. The van der Waals surface area contributed by atoms with Gasteiger partial charge in [-0.15, -0.1) is 0 Å². The van der Waals surface area contributed by atoms with Gasteiger partial charge in [-0.05, 0) is 0 Å². The zero-order chi connectivity index (χ0) is 7.49. The lowest BCUT2D eigenvalue weighted by Crippen LogP contribution is -2.23. The van der Waals surface area contributed by atoms with Crippen LogP contribution in [0, 0.1) is 5.41 Å². The number of rotatable bonds is 1. The Balaban J connectivity index is 3.91. The van der Waals surface area contributed by atoms with Gasteiger partial charge in [0, 0.05) is 7.05 Å². The summed E-state index contributed by atoms with van der Waals surface area (Å²) in [6.45, 7) is 0. The molecule has 54 valence electrons. The summed E-state index contributed by atoms with van der Waals surface area (Å²) in [6, 6.07) is -0.725. The first-order valence-electron chi connectivity index (χ1n) is 1.89. The third-order valence-corrected chi connectivity index (χ3v) is 0.793. The molecule has 7 heteroatoms. The molecule has 0 radical (unpaired) electrons. The minimum absolute atomic E-state index is 0.725. The first kappa shape index (κ1) is 8.18. The van der Waals surface area contributed by atoms with Gasteiger partial charge in [0.05, 0.1) is 0 Å². The molecule has 0 bridgehead atoms. The fourth-order valence-corrected chi connectivity index (χ4v) is 0.441. The van der Waals surface area contributed by atoms with Crippen molar-refractivity contribution in [3.63, 3.8) is 0 Å². The average molecular weight is 154 g/mol. The van der Waals surface area contributed by atoms with Crippen LogP contribution < -0.4 is 5.32 Å². The quantitative estimate of drug-likeness (QED) is 0.254. The van der Waals surface area contributed by atoms with E-state index in [0.717, 1.165) is 0 Å². The van der Waals surface area contributed by atoms with Gasteiger partial charge in [0.2, 0.25) is 0 Å². The van der Waals surface area contributed by atoms with Gasteiger partial charge in [0.25, 0.3) is 0 Å². The second kappa shape index (κ2) is 2.65. The van der Waals surface area contributed by atoms with Crippen molar-refractivity contribution in [2.24, 2.45) is 0 Å². The third-order valence-electron chi connectivity index (χ3n) is 0.416. The molecule has 6 nitrogen and oxygen atoms in total. The minimum atomic E-state index is -4.52. The van der Waals surface area contributed by atoms with Gasteiger partial charge in [-0.3, -0.25) is 9.96 Å². The van der Waals surface area contributed by atoms with Crippen molar-refractivity contribution < 1.29 is 17.2 Å². The average Bonchev–Trinajstić information content (AvgIpc) is 1.62. The van der Waals surface area contributed by atoms with Crippen LogP contribution in [0.15, 0.2) is 0 Å². The first-order valence-corrected chi connectivity index (χ1v) is 3.25. The summed E-state index contributed by atoms with van der Waals surface area (Å²) in [5.41, 5.74) is 0. The molecule has 0 aromatic carbocycles. The number of amidine groups is 1. The Morgan fingerprint density at radius 2 is 2.22 bits per heavy atom. The molecule has 0 aliphatic rings. The van der Waals surface area contributed by atoms with Crippen molar-refractivity contribution in [3.8, 4) is 0 Å². The van der Waals surface area contributed by atoms with Crippen LogP contribution in [0.2, 0.25) is 0 Å². The lowest BCUT2D eigenvalue weighted by Gasteiger charge is -1.98. The molecule has 9 heavy (non-hydrogen) atoms. The second-order valence-corrected chi connectivity index (χ2v) is 2.11. The van der Waals surface area contributed by atoms with Gasteiger partial charge >= 0.3 is 16.4 Å². The molecule has 0 aliphatic carbocycles. The summed E-state index contributed by atoms with van der Waals surface area (Å²) < 4.78 is 31.0. The van der Waals surface area contributed by atoms with E-state index in [2.05, 4.69) is 4.18 Å². The number of nitrogens with one attached hydrogen (secondary N) is 2. The normalized spacial score (nSPS) is 10.4. The summed E-state index contributed by atoms with van der Waals surface area (Å²) in [5.74, 6) is 0. The van der Waals surface area contributed by atoms with Crippen LogP contribution in [-0.2, 0) is 14.6 Å². The molecule has 0 aromatic heterocycles. The maximum atomic E-state index is 9.75. The molecule has 0 heterocycles. The Morgan fingerprint density at radius 3 is 2.33 bits per heavy atom. The predicted molar refractivity (Wildman–Crippen MR) is 29.4 cm³/mol. The Labute approximate surface area is 52.3 Å². The van der Waals surface area contributed by atoms with Gasteiger partial charge in [-0.2, -0.15) is 8.42 Å². The van der Waals surface area contributed by atoms with Gasteiger partial charge < -0.3 is 9.50 Å². The SMILES string of the molecule is CNC(=N)OS(=O)(=O)O. The fourth-order valence-electron chi connectivity index (χ4n) is 0.147. The molecule has 0 amide bonds. The lowest BCUT2D eigenvalue weighted by atomic mass is 11.1. The molecule has 0 aromatic rings. The van der Waals surface area contributed by atoms with E-state index >= 15 is 0 Å². The van der Waals surface area contributed by atoms with Crippen LogP contribution >= 0.6 is 0 Å². The van der Waals surface area contributed by atoms with Crippen LogP contribution in [-0.4, -0.2) is 26.0 Å². The summed E-state index contributed by atoms with van der Waals surface area (Å²) in [5, 5.41) is 8.56. The second-order valence-electron chi connectivity index (χ2n) is 1.09. The highest BCUT2D eigenvalue weighted by Gasteiger charge is 2.06. The first-order chi connectivity index (χ1) is 3.95. The van der Waals surface area contributed by atoms with Crippen molar-refractivity contribution in [1.82, 2.24) is 5.32 Å². The summed E-state index contributed by atoms with van der Waals surface area (Å²) in [6.07, 6.45) is 0. The zero-order valence-electron chi connectivity index (χ0n) is 4.58. The predicted octanol–water partition coefficient (Wildman–Crippen LogP) is -1.04. The van der Waals surface area contributed by atoms with E-state index in [1.165, 1.54) is 7.05 Å². The lowest BCUT2D eigenvalue weighted by molar-refractivity contribution is 0.374. The Hall–Kier alpha value is -0.820. The standard InChI is InChI=1S/C2H6N2O4S/c1-4-2(3)8-9(5,6)7/h1H3,(H2,3,4)(H,5,6,7). The van der Waals surface area contributed by atoms with E-state index in [4.69, 9.17) is 9.96 Å². The molecule has 0 saturated carbocycles. The molecular formula is C2H6N2O4S. The van der Waals surface area contributed by atoms with Crippen LogP contribution in [0.1, 0.15) is 0 Å². The van der Waals surface area contributed by atoms with Crippen molar-refractivity contribution in [1.29, 1.82) is 5.41 Å². The summed E-state index contributed by atoms with van der Waals surface area (Å²) in [7, 11) is -3.24. The third kappa shape index (κ3) is 5.04. The zero-order valence-corrected chi connectivity index (χ0v) is 5.40. The molecule has 0 atom stereocenters. The van der Waals surface area contributed by atoms with Crippen LogP contribution in [0.5, 0.6) is 0 Å². The molecule has 0 saturated heterocycles. The summed E-state index contributed by atoms with van der Waals surface area (Å²) in [4.78, 5) is 0. The highest BCUT2D eigenvalue weighted by molar-refractivity contribution is 7.81. The largest absolute Gasteiger partial charge is 0.449 e. The maximum absolute atomic E-state index is 9.75. The van der Waals surface area contributed by atoms with Gasteiger partial charge in [0.1, 0.15) is 0 Å². The van der Waals surface area contributed by atoms with E-state index in [1.807, 2.05) is 5.32 Å². The highest BCUT2D eigenvalue weighted by Crippen LogP contribution is 1.82. The van der Waals surface area contributed by atoms with Gasteiger partial charge in [0.15, 0.2) is 0 Å². The van der Waals surface area contributed by atoms with Crippen LogP contribution in [0.4, 0.5) is 0 Å². The van der Waals surface area contributed by atoms with Crippen molar-refractivity contribution in [2.45, 2.75) is 0 Å². The van der Waals surface area contributed by atoms with Crippen molar-refractivity contribution in [3.05, 3.63) is 0 Å². The van der Waals surface area contributed by atoms with E-state index in [-0.39, 0.29) is 0 Å². The van der Waals surface area contributed by atoms with Crippen molar-refractivity contribution >= 4 is 16.4 Å². The van der Waals surface area contributed by atoms with Gasteiger partial charge in [-0.25, -0.2) is 0 Å². The topological polar surface area (TPSA) is 99.5 Å². The molecule has 0 aliphatic heterocycles. The maximum Gasteiger partial charge on any atom is 0.449 e. The smallest absolute Gasteiger partial charge is 0.342 e. The van der Waals surface area contributed by atoms with E-state index in [1.54, 1.807) is 0 Å². The van der Waals surface area contributed by atoms with Crippen LogP contribution in [0.3, 0.4) is 0 Å². The molecule has 0 unspecified atom stereocenters.